The fourth-order valence-corrected chi connectivity index (χ4v) is 6.39. The van der Waals surface area contributed by atoms with E-state index in [4.69, 9.17) is 15.2 Å². The van der Waals surface area contributed by atoms with Gasteiger partial charge in [0.25, 0.3) is 0 Å². The minimum atomic E-state index is -0.0689. The molecular weight excluding hydrogens is 637 g/mol. The number of carbonyl (C=O) groups excluding carboxylic acids is 1. The van der Waals surface area contributed by atoms with Crippen LogP contribution in [-0.4, -0.2) is 41.3 Å². The second-order valence-electron chi connectivity index (χ2n) is 12.2. The lowest BCUT2D eigenvalue weighted by molar-refractivity contribution is -0.119. The molecule has 0 aliphatic heterocycles. The monoisotopic (exact) mass is 680 g/mol. The summed E-state index contributed by atoms with van der Waals surface area (Å²) < 4.78 is 15.6. The summed E-state index contributed by atoms with van der Waals surface area (Å²) in [4.78, 5) is 10.9. The number of rotatable bonds is 11. The van der Waals surface area contributed by atoms with E-state index in [9.17, 15) is 15.3 Å². The highest BCUT2D eigenvalue weighted by Gasteiger charge is 2.19. The average molecular weight is 681 g/mol. The highest BCUT2D eigenvalue weighted by molar-refractivity contribution is 5.96. The van der Waals surface area contributed by atoms with Crippen molar-refractivity contribution in [2.24, 2.45) is 5.73 Å². The largest absolute Gasteiger partial charge is 0.492 e. The lowest BCUT2D eigenvalue weighted by Gasteiger charge is -2.11. The molecule has 0 saturated heterocycles. The number of nitrogens with one attached hydrogen (secondary N) is 1. The Morgan fingerprint density at radius 2 is 1.14 bits per heavy atom. The molecule has 0 saturated carbocycles. The highest BCUT2D eigenvalue weighted by Crippen LogP contribution is 2.36. The number of hydrogen-bond acceptors (Lipinski definition) is 6. The van der Waals surface area contributed by atoms with Crippen LogP contribution in [0.2, 0.25) is 0 Å². The van der Waals surface area contributed by atoms with Crippen LogP contribution in [0.5, 0.6) is 11.5 Å². The Morgan fingerprint density at radius 1 is 0.706 bits per heavy atom. The van der Waals surface area contributed by atoms with Gasteiger partial charge in [0.15, 0.2) is 0 Å². The third-order valence-electron chi connectivity index (χ3n) is 8.68. The van der Waals surface area contributed by atoms with Gasteiger partial charge >= 0.3 is 0 Å². The zero-order chi connectivity index (χ0) is 36.5. The molecule has 51 heavy (non-hydrogen) atoms. The Labute approximate surface area is 299 Å². The molecule has 0 radical (unpaired) electrons. The summed E-state index contributed by atoms with van der Waals surface area (Å²) in [5.41, 5.74) is 15.3. The molecule has 2 heterocycles. The predicted octanol–water partition coefficient (Wildman–Crippen LogP) is 7.87. The lowest BCUT2D eigenvalue weighted by atomic mass is 10.1. The first kappa shape index (κ1) is 36.3. The Bertz CT molecular complexity index is 2230. The van der Waals surface area contributed by atoms with Crippen LogP contribution in [0, 0.1) is 36.5 Å². The van der Waals surface area contributed by atoms with E-state index in [-0.39, 0.29) is 5.91 Å². The molecule has 0 bridgehead atoms. The van der Waals surface area contributed by atoms with Crippen LogP contribution in [0.3, 0.4) is 0 Å². The van der Waals surface area contributed by atoms with Crippen molar-refractivity contribution >= 4 is 27.7 Å². The number of ether oxygens (including phenoxy) is 2. The summed E-state index contributed by atoms with van der Waals surface area (Å²) in [5.74, 6) is 1.45. The summed E-state index contributed by atoms with van der Waals surface area (Å²) in [7, 11) is 0. The van der Waals surface area contributed by atoms with Crippen LogP contribution in [0.4, 0.5) is 0 Å². The van der Waals surface area contributed by atoms with Crippen LogP contribution < -0.4 is 20.5 Å². The Morgan fingerprint density at radius 3 is 1.51 bits per heavy atom. The van der Waals surface area contributed by atoms with E-state index in [2.05, 4.69) is 72.5 Å². The molecule has 0 fully saturated rings. The molecule has 6 rings (SSSR count). The third kappa shape index (κ3) is 7.91. The van der Waals surface area contributed by atoms with Gasteiger partial charge in [-0.3, -0.25) is 4.79 Å². The van der Waals surface area contributed by atoms with Gasteiger partial charge < -0.3 is 29.7 Å². The van der Waals surface area contributed by atoms with Crippen molar-refractivity contribution in [2.45, 2.75) is 47.7 Å². The first-order valence-electron chi connectivity index (χ1n) is 17.2. The summed E-state index contributed by atoms with van der Waals surface area (Å²) in [6.45, 7) is 13.3. The van der Waals surface area contributed by atoms with Crippen LogP contribution in [0.15, 0.2) is 84.9 Å². The van der Waals surface area contributed by atoms with Crippen LogP contribution >= 0.6 is 0 Å². The molecule has 6 aromatic rings. The van der Waals surface area contributed by atoms with Crippen LogP contribution in [0.25, 0.3) is 44.3 Å². The Balaban J connectivity index is 0.000000199. The van der Waals surface area contributed by atoms with Gasteiger partial charge in [0.2, 0.25) is 5.91 Å². The van der Waals surface area contributed by atoms with Crippen molar-refractivity contribution in [1.29, 1.82) is 10.5 Å². The van der Waals surface area contributed by atoms with E-state index < -0.39 is 0 Å². The van der Waals surface area contributed by atoms with E-state index in [1.54, 1.807) is 0 Å². The molecule has 260 valence electrons. The van der Waals surface area contributed by atoms with Gasteiger partial charge in [0.05, 0.1) is 40.1 Å². The standard InChI is InChI=1S/C22H23N3O2.C20H21N3O/c1-4-25-21-13-15(2)5-10-19(21)20(14-23)22(25)17-6-8-18(9-7-17)27-12-11-24-16(3)26;1-3-23-19-12-14(2)4-9-17(19)18(13-22)20(23)15-5-7-16(8-6-15)24-11-10-21/h5-10,13H,4,11-12H2,1-3H3,(H,24,26);4-9,12H,3,10-11,21H2,1-2H3. The maximum Gasteiger partial charge on any atom is 0.216 e. The van der Waals surface area contributed by atoms with Crippen molar-refractivity contribution < 1.29 is 14.3 Å². The number of nitriles is 2. The van der Waals surface area contributed by atoms with Gasteiger partial charge in [-0.1, -0.05) is 24.3 Å². The molecule has 0 aliphatic carbocycles. The van der Waals surface area contributed by atoms with Gasteiger partial charge in [-0.25, -0.2) is 0 Å². The van der Waals surface area contributed by atoms with Crippen molar-refractivity contribution in [3.8, 4) is 46.2 Å². The van der Waals surface area contributed by atoms with Gasteiger partial charge in [-0.2, -0.15) is 10.5 Å². The fraction of sp³-hybridized carbons (Fsp3) is 0.262. The second kappa shape index (κ2) is 16.6. The summed E-state index contributed by atoms with van der Waals surface area (Å²) >= 11 is 0. The molecule has 0 unspecified atom stereocenters. The summed E-state index contributed by atoms with van der Waals surface area (Å²) in [6, 6.07) is 32.8. The predicted molar refractivity (Wildman–Crippen MR) is 204 cm³/mol. The highest BCUT2D eigenvalue weighted by atomic mass is 16.5. The summed E-state index contributed by atoms with van der Waals surface area (Å²) in [5, 5.41) is 24.2. The Hall–Kier alpha value is -6.03. The Kier molecular flexibility index (Phi) is 11.8. The van der Waals surface area contributed by atoms with Crippen molar-refractivity contribution in [3.63, 3.8) is 0 Å². The zero-order valence-corrected chi connectivity index (χ0v) is 29.9. The van der Waals surface area contributed by atoms with Gasteiger partial charge in [-0.05, 0) is 111 Å². The smallest absolute Gasteiger partial charge is 0.216 e. The molecule has 9 heteroatoms. The molecule has 0 aliphatic rings. The molecule has 0 spiro atoms. The number of fused-ring (bicyclic) bond motifs is 2. The number of aromatic nitrogens is 2. The molecule has 0 atom stereocenters. The molecule has 3 N–H and O–H groups in total. The van der Waals surface area contributed by atoms with E-state index in [0.29, 0.717) is 31.9 Å². The topological polar surface area (TPSA) is 131 Å². The van der Waals surface area contributed by atoms with Gasteiger partial charge in [0, 0.05) is 37.3 Å². The fourth-order valence-electron chi connectivity index (χ4n) is 6.39. The minimum Gasteiger partial charge on any atom is -0.492 e. The maximum absolute atomic E-state index is 10.9. The van der Waals surface area contributed by atoms with Crippen molar-refractivity contribution in [1.82, 2.24) is 14.5 Å². The molecule has 2 aromatic heterocycles. The SMILES string of the molecule is CCn1c(-c2ccc(OCCN)cc2)c(C#N)c2ccc(C)cc21.CCn1c(-c2ccc(OCCNC(C)=O)cc2)c(C#N)c2ccc(C)cc21. The first-order chi connectivity index (χ1) is 24.7. The van der Waals surface area contributed by atoms with Crippen LogP contribution in [0.1, 0.15) is 43.0 Å². The van der Waals surface area contributed by atoms with Crippen molar-refractivity contribution in [3.05, 3.63) is 107 Å². The van der Waals surface area contributed by atoms with E-state index >= 15 is 0 Å². The number of hydrogen-bond donors (Lipinski definition) is 2. The quantitative estimate of drug-likeness (QED) is 0.134. The average Bonchev–Trinajstić information content (AvgIpc) is 3.63. The van der Waals surface area contributed by atoms with Crippen molar-refractivity contribution in [2.75, 3.05) is 26.3 Å². The number of amides is 1. The normalized spacial score (nSPS) is 10.7. The van der Waals surface area contributed by atoms with Gasteiger partial charge in [0.1, 0.15) is 36.9 Å². The van der Waals surface area contributed by atoms with Crippen LogP contribution in [-0.2, 0) is 17.9 Å². The minimum absolute atomic E-state index is 0.0689. The summed E-state index contributed by atoms with van der Waals surface area (Å²) in [6.07, 6.45) is 0. The van der Waals surface area contributed by atoms with Gasteiger partial charge in [-0.15, -0.1) is 0 Å². The number of benzene rings is 4. The molecular formula is C42H44N6O3. The molecule has 4 aromatic carbocycles. The van der Waals surface area contributed by atoms with E-state index in [1.165, 1.54) is 18.1 Å². The zero-order valence-electron chi connectivity index (χ0n) is 29.9. The first-order valence-corrected chi connectivity index (χ1v) is 17.2. The number of nitrogens with two attached hydrogens (primary N) is 1. The third-order valence-corrected chi connectivity index (χ3v) is 8.68. The second-order valence-corrected chi connectivity index (χ2v) is 12.2. The maximum atomic E-state index is 10.9. The molecule has 1 amide bonds. The lowest BCUT2D eigenvalue weighted by Crippen LogP contribution is -2.25. The number of carbonyl (C=O) groups is 1. The number of aryl methyl sites for hydroxylation is 4. The molecule has 9 nitrogen and oxygen atoms in total. The van der Waals surface area contributed by atoms with E-state index in [1.807, 2.05) is 66.7 Å². The number of nitrogens with zero attached hydrogens (tertiary/aromatic N) is 4. The van der Waals surface area contributed by atoms with E-state index in [0.717, 1.165) is 74.5 Å².